The summed E-state index contributed by atoms with van der Waals surface area (Å²) in [4.78, 5) is 28.9. The van der Waals surface area contributed by atoms with Crippen LogP contribution < -0.4 is 10.6 Å². The molecule has 1 saturated carbocycles. The number of carbonyl (C=O) groups excluding carboxylic acids is 2. The van der Waals surface area contributed by atoms with Crippen molar-refractivity contribution in [1.29, 1.82) is 0 Å². The number of rotatable bonds is 6. The number of para-hydroxylation sites is 1. The van der Waals surface area contributed by atoms with Gasteiger partial charge in [0.2, 0.25) is 5.91 Å². The van der Waals surface area contributed by atoms with Gasteiger partial charge in [-0.3, -0.25) is 14.6 Å². The van der Waals surface area contributed by atoms with Gasteiger partial charge in [-0.25, -0.2) is 0 Å². The summed E-state index contributed by atoms with van der Waals surface area (Å²) in [5.74, 6) is 0.203. The molecular weight excluding hydrogens is 374 g/mol. The van der Waals surface area contributed by atoms with Gasteiger partial charge in [0.05, 0.1) is 12.1 Å². The Labute approximate surface area is 176 Å². The van der Waals surface area contributed by atoms with Crippen molar-refractivity contribution in [3.63, 3.8) is 0 Å². The molecule has 2 N–H and O–H groups in total. The summed E-state index contributed by atoms with van der Waals surface area (Å²) >= 11 is 0. The van der Waals surface area contributed by atoms with Crippen LogP contribution in [0.2, 0.25) is 0 Å². The molecule has 1 aliphatic carbocycles. The van der Waals surface area contributed by atoms with Gasteiger partial charge in [-0.15, -0.1) is 0 Å². The maximum Gasteiger partial charge on any atom is 0.251 e. The number of benzene rings is 2. The van der Waals surface area contributed by atoms with E-state index in [9.17, 15) is 9.59 Å². The van der Waals surface area contributed by atoms with E-state index in [2.05, 4.69) is 21.7 Å². The molecule has 2 amide bonds. The van der Waals surface area contributed by atoms with Crippen molar-refractivity contribution in [2.45, 2.75) is 32.1 Å². The Morgan fingerprint density at radius 3 is 2.47 bits per heavy atom. The molecule has 0 radical (unpaired) electrons. The molecule has 5 heteroatoms. The molecular formula is C25H27N3O2. The average molecular weight is 402 g/mol. The van der Waals surface area contributed by atoms with E-state index in [1.54, 1.807) is 12.1 Å². The molecule has 4 rings (SSSR count). The lowest BCUT2D eigenvalue weighted by Crippen LogP contribution is -2.39. The Hall–Kier alpha value is -3.21. The zero-order chi connectivity index (χ0) is 20.8. The number of fused-ring (bicyclic) bond motifs is 1. The summed E-state index contributed by atoms with van der Waals surface area (Å²) in [6.45, 7) is 0.713. The van der Waals surface area contributed by atoms with E-state index < -0.39 is 0 Å². The van der Waals surface area contributed by atoms with Crippen LogP contribution in [-0.2, 0) is 4.79 Å². The number of aromatic nitrogens is 1. The van der Waals surface area contributed by atoms with E-state index in [4.69, 9.17) is 0 Å². The van der Waals surface area contributed by atoms with Crippen LogP contribution in [0.15, 0.2) is 60.8 Å². The van der Waals surface area contributed by atoms with Gasteiger partial charge in [0.15, 0.2) is 0 Å². The van der Waals surface area contributed by atoms with Gasteiger partial charge < -0.3 is 10.6 Å². The molecule has 0 atom stereocenters. The molecule has 0 aliphatic heterocycles. The van der Waals surface area contributed by atoms with E-state index in [0.717, 1.165) is 22.0 Å². The Morgan fingerprint density at radius 1 is 0.900 bits per heavy atom. The fourth-order valence-electron chi connectivity index (χ4n) is 4.02. The number of pyridine rings is 1. The minimum atomic E-state index is -0.244. The number of carbonyl (C=O) groups is 2. The summed E-state index contributed by atoms with van der Waals surface area (Å²) in [5, 5.41) is 6.73. The van der Waals surface area contributed by atoms with E-state index in [-0.39, 0.29) is 18.4 Å². The smallest absolute Gasteiger partial charge is 0.251 e. The first-order valence-electron chi connectivity index (χ1n) is 10.7. The Balaban J connectivity index is 1.30. The van der Waals surface area contributed by atoms with Gasteiger partial charge in [-0.1, -0.05) is 49.6 Å². The van der Waals surface area contributed by atoms with Gasteiger partial charge in [-0.05, 0) is 48.6 Å². The van der Waals surface area contributed by atoms with Crippen molar-refractivity contribution in [1.82, 2.24) is 15.6 Å². The molecule has 5 nitrogen and oxygen atoms in total. The first-order chi connectivity index (χ1) is 14.7. The van der Waals surface area contributed by atoms with Gasteiger partial charge in [-0.2, -0.15) is 0 Å². The second-order valence-corrected chi connectivity index (χ2v) is 7.98. The third-order valence-corrected chi connectivity index (χ3v) is 5.79. The fourth-order valence-corrected chi connectivity index (χ4v) is 4.02. The summed E-state index contributed by atoms with van der Waals surface area (Å²) < 4.78 is 0. The minimum absolute atomic E-state index is 0.00188. The quantitative estimate of drug-likeness (QED) is 0.646. The largest absolute Gasteiger partial charge is 0.354 e. The lowest BCUT2D eigenvalue weighted by Gasteiger charge is -2.21. The van der Waals surface area contributed by atoms with Gasteiger partial charge in [0.1, 0.15) is 0 Å². The number of amides is 2. The lowest BCUT2D eigenvalue weighted by molar-refractivity contribution is -0.120. The molecule has 3 aromatic rings. The van der Waals surface area contributed by atoms with Crippen molar-refractivity contribution >= 4 is 22.7 Å². The highest BCUT2D eigenvalue weighted by molar-refractivity contribution is 5.97. The van der Waals surface area contributed by atoms with Crippen LogP contribution in [0.5, 0.6) is 0 Å². The highest BCUT2D eigenvalue weighted by atomic mass is 16.2. The van der Waals surface area contributed by atoms with E-state index in [0.29, 0.717) is 18.0 Å². The van der Waals surface area contributed by atoms with Crippen molar-refractivity contribution in [2.24, 2.45) is 5.92 Å². The standard InChI is InChI=1S/C25H27N3O2/c29-24(27-15-18-6-2-1-3-7-18)17-28-25(30)20-12-10-19(11-13-20)22-14-21-8-4-5-9-23(21)26-16-22/h4-5,8-14,16,18H,1-3,6-7,15,17H2,(H,27,29)(H,28,30). The normalized spacial score (nSPS) is 14.4. The fraction of sp³-hybridized carbons (Fsp3) is 0.320. The molecule has 0 bridgehead atoms. The molecule has 0 unspecified atom stereocenters. The summed E-state index contributed by atoms with van der Waals surface area (Å²) in [5.41, 5.74) is 3.49. The van der Waals surface area contributed by atoms with Gasteiger partial charge >= 0.3 is 0 Å². The molecule has 1 fully saturated rings. The van der Waals surface area contributed by atoms with E-state index in [1.165, 1.54) is 32.1 Å². The topological polar surface area (TPSA) is 71.1 Å². The predicted octanol–water partition coefficient (Wildman–Crippen LogP) is 4.33. The van der Waals surface area contributed by atoms with Gasteiger partial charge in [0.25, 0.3) is 5.91 Å². The van der Waals surface area contributed by atoms with Crippen molar-refractivity contribution in [3.05, 3.63) is 66.4 Å². The van der Waals surface area contributed by atoms with Crippen LogP contribution >= 0.6 is 0 Å². The Bertz CT molecular complexity index is 1020. The molecule has 0 spiro atoms. The summed E-state index contributed by atoms with van der Waals surface area (Å²) in [7, 11) is 0. The highest BCUT2D eigenvalue weighted by Crippen LogP contribution is 2.23. The highest BCUT2D eigenvalue weighted by Gasteiger charge is 2.15. The van der Waals surface area contributed by atoms with Crippen LogP contribution in [0.25, 0.3) is 22.0 Å². The van der Waals surface area contributed by atoms with Crippen LogP contribution in [0.3, 0.4) is 0 Å². The monoisotopic (exact) mass is 401 g/mol. The third kappa shape index (κ3) is 5.03. The van der Waals surface area contributed by atoms with Crippen LogP contribution in [0.1, 0.15) is 42.5 Å². The maximum atomic E-state index is 12.4. The minimum Gasteiger partial charge on any atom is -0.354 e. The van der Waals surface area contributed by atoms with Crippen molar-refractivity contribution < 1.29 is 9.59 Å². The summed E-state index contributed by atoms with van der Waals surface area (Å²) in [6.07, 6.45) is 8.02. The second kappa shape index (κ2) is 9.53. The SMILES string of the molecule is O=C(CNC(=O)c1ccc(-c2cnc3ccccc3c2)cc1)NCC1CCCCC1. The number of nitrogens with zero attached hydrogens (tertiary/aromatic N) is 1. The Morgan fingerprint density at radius 2 is 1.67 bits per heavy atom. The number of nitrogens with one attached hydrogen (secondary N) is 2. The average Bonchev–Trinajstić information content (AvgIpc) is 2.81. The zero-order valence-electron chi connectivity index (χ0n) is 17.1. The Kier molecular flexibility index (Phi) is 6.38. The van der Waals surface area contributed by atoms with Crippen molar-refractivity contribution in [3.8, 4) is 11.1 Å². The third-order valence-electron chi connectivity index (χ3n) is 5.79. The lowest BCUT2D eigenvalue weighted by atomic mass is 9.89. The molecule has 1 aliphatic rings. The second-order valence-electron chi connectivity index (χ2n) is 7.98. The molecule has 30 heavy (non-hydrogen) atoms. The predicted molar refractivity (Wildman–Crippen MR) is 119 cm³/mol. The molecule has 0 saturated heterocycles. The van der Waals surface area contributed by atoms with Gasteiger partial charge in [0, 0.05) is 29.3 Å². The molecule has 1 heterocycles. The van der Waals surface area contributed by atoms with Crippen LogP contribution in [0, 0.1) is 5.92 Å². The first-order valence-corrected chi connectivity index (χ1v) is 10.7. The zero-order valence-corrected chi connectivity index (χ0v) is 17.1. The maximum absolute atomic E-state index is 12.4. The first kappa shape index (κ1) is 20.1. The molecule has 154 valence electrons. The summed E-state index contributed by atoms with van der Waals surface area (Å²) in [6, 6.07) is 17.4. The van der Waals surface area contributed by atoms with Crippen LogP contribution in [-0.4, -0.2) is 29.9 Å². The van der Waals surface area contributed by atoms with E-state index >= 15 is 0 Å². The molecule has 2 aromatic carbocycles. The van der Waals surface area contributed by atoms with Crippen LogP contribution in [0.4, 0.5) is 0 Å². The van der Waals surface area contributed by atoms with E-state index in [1.807, 2.05) is 42.6 Å². The van der Waals surface area contributed by atoms with Crippen molar-refractivity contribution in [2.75, 3.05) is 13.1 Å². The number of hydrogen-bond acceptors (Lipinski definition) is 3. The molecule has 1 aromatic heterocycles. The number of hydrogen-bond donors (Lipinski definition) is 2.